The third-order valence-electron chi connectivity index (χ3n) is 4.30. The first-order valence-electron chi connectivity index (χ1n) is 8.30. The molecule has 2 atom stereocenters. The van der Waals surface area contributed by atoms with Gasteiger partial charge in [-0.3, -0.25) is 0 Å². The van der Waals surface area contributed by atoms with Crippen LogP contribution in [0.1, 0.15) is 24.2 Å². The van der Waals surface area contributed by atoms with Crippen LogP contribution < -0.4 is 0 Å². The van der Waals surface area contributed by atoms with Gasteiger partial charge in [0.25, 0.3) is 0 Å². The van der Waals surface area contributed by atoms with E-state index in [2.05, 4.69) is 0 Å². The van der Waals surface area contributed by atoms with Crippen molar-refractivity contribution in [3.63, 3.8) is 0 Å². The van der Waals surface area contributed by atoms with E-state index in [0.29, 0.717) is 0 Å². The van der Waals surface area contributed by atoms with Crippen molar-refractivity contribution in [1.29, 1.82) is 0 Å². The lowest BCUT2D eigenvalue weighted by atomic mass is 9.79. The molecule has 3 aromatic carbocycles. The van der Waals surface area contributed by atoms with Gasteiger partial charge in [-0.2, -0.15) is 0 Å². The fourth-order valence-corrected chi connectivity index (χ4v) is 3.23. The number of benzene rings is 3. The van der Waals surface area contributed by atoms with Gasteiger partial charge in [0.05, 0.1) is 1.37 Å². The van der Waals surface area contributed by atoms with Gasteiger partial charge in [-0.1, -0.05) is 91.0 Å². The lowest BCUT2D eigenvalue weighted by Crippen LogP contribution is -2.33. The minimum absolute atomic E-state index is 0.383. The predicted octanol–water partition coefficient (Wildman–Crippen LogP) is 4.68. The van der Waals surface area contributed by atoms with Gasteiger partial charge in [0.2, 0.25) is 0 Å². The van der Waals surface area contributed by atoms with E-state index < -0.39 is 12.4 Å². The van der Waals surface area contributed by atoms with Crippen molar-refractivity contribution >= 4 is 0 Å². The number of rotatable bonds is 3. The first-order chi connectivity index (χ1) is 11.8. The van der Waals surface area contributed by atoms with Crippen molar-refractivity contribution in [1.82, 2.24) is 0 Å². The molecular weight excluding hydrogens is 284 g/mol. The minimum Gasteiger partial charge on any atom is -0.344 e. The summed E-state index contributed by atoms with van der Waals surface area (Å²) in [7, 11) is 0. The summed E-state index contributed by atoms with van der Waals surface area (Å²) in [5.74, 6) is 0. The van der Waals surface area contributed by atoms with Crippen molar-refractivity contribution < 1.29 is 10.8 Å². The molecule has 1 heterocycles. The van der Waals surface area contributed by atoms with E-state index >= 15 is 0 Å². The molecule has 0 radical (unpaired) electrons. The Morgan fingerprint density at radius 2 is 1.22 bits per heavy atom. The number of hydrogen-bond donors (Lipinski definition) is 0. The average molecular weight is 303 g/mol. The molecule has 0 saturated carbocycles. The van der Waals surface area contributed by atoms with Gasteiger partial charge in [-0.05, 0) is 16.7 Å². The molecule has 4 rings (SSSR count). The van der Waals surface area contributed by atoms with E-state index in [1.807, 2.05) is 91.0 Å². The van der Waals surface area contributed by atoms with Gasteiger partial charge in [-0.15, -0.1) is 0 Å². The van der Waals surface area contributed by atoms with Crippen LogP contribution in [-0.2, 0) is 15.1 Å². The van der Waals surface area contributed by atoms with Gasteiger partial charge < -0.3 is 9.47 Å². The zero-order valence-electron chi connectivity index (χ0n) is 13.6. The standard InChI is InChI=1S/C21H18O2/c1-4-10-17(11-5-1)20-21(23-16-22-20,18-12-6-2-7-13-18)19-14-8-3-9-15-19/h1-15,20H,16H2/t20-/m0/s1/i16D/t16-,20+/m1. The number of ether oxygens (including phenoxy) is 2. The predicted molar refractivity (Wildman–Crippen MR) is 89.9 cm³/mol. The summed E-state index contributed by atoms with van der Waals surface area (Å²) in [6.07, 6.45) is -0.383. The maximum absolute atomic E-state index is 8.12. The fraction of sp³-hybridized carbons (Fsp3) is 0.143. The van der Waals surface area contributed by atoms with E-state index in [0.717, 1.165) is 16.7 Å². The van der Waals surface area contributed by atoms with Crippen molar-refractivity contribution in [2.75, 3.05) is 6.77 Å². The van der Waals surface area contributed by atoms with Crippen LogP contribution in [-0.4, -0.2) is 6.77 Å². The molecule has 1 fully saturated rings. The van der Waals surface area contributed by atoms with Crippen LogP contribution in [0.15, 0.2) is 91.0 Å². The zero-order valence-corrected chi connectivity index (χ0v) is 12.6. The van der Waals surface area contributed by atoms with Gasteiger partial charge >= 0.3 is 0 Å². The molecular formula is C21H18O2. The van der Waals surface area contributed by atoms with Crippen LogP contribution >= 0.6 is 0 Å². The van der Waals surface area contributed by atoms with Crippen LogP contribution in [0.25, 0.3) is 0 Å². The van der Waals surface area contributed by atoms with E-state index in [-0.39, 0.29) is 6.10 Å². The molecule has 2 nitrogen and oxygen atoms in total. The highest BCUT2D eigenvalue weighted by Crippen LogP contribution is 2.49. The van der Waals surface area contributed by atoms with E-state index in [1.54, 1.807) is 0 Å². The van der Waals surface area contributed by atoms with E-state index in [1.165, 1.54) is 0 Å². The topological polar surface area (TPSA) is 18.5 Å². The van der Waals surface area contributed by atoms with Crippen LogP contribution in [0.5, 0.6) is 0 Å². The van der Waals surface area contributed by atoms with Gasteiger partial charge in [0.1, 0.15) is 12.9 Å². The third-order valence-corrected chi connectivity index (χ3v) is 4.30. The third kappa shape index (κ3) is 2.37. The molecule has 0 N–H and O–H groups in total. The summed E-state index contributed by atoms with van der Waals surface area (Å²) >= 11 is 0. The largest absolute Gasteiger partial charge is 0.344 e. The zero-order chi connectivity index (χ0) is 16.4. The van der Waals surface area contributed by atoms with Gasteiger partial charge in [0, 0.05) is 0 Å². The molecule has 0 aromatic heterocycles. The molecule has 2 heteroatoms. The lowest BCUT2D eigenvalue weighted by Gasteiger charge is -2.34. The summed E-state index contributed by atoms with van der Waals surface area (Å²) in [4.78, 5) is 0. The maximum atomic E-state index is 8.12. The van der Waals surface area contributed by atoms with Gasteiger partial charge in [0.15, 0.2) is 5.60 Å². The Morgan fingerprint density at radius 3 is 1.74 bits per heavy atom. The van der Waals surface area contributed by atoms with Crippen LogP contribution in [0, 0.1) is 0 Å². The number of hydrogen-bond acceptors (Lipinski definition) is 2. The first kappa shape index (κ1) is 13.1. The molecule has 3 aromatic rings. The highest BCUT2D eigenvalue weighted by molar-refractivity contribution is 5.41. The Bertz CT molecular complexity index is 750. The summed E-state index contributed by atoms with van der Waals surface area (Å²) < 4.78 is 20.2. The maximum Gasteiger partial charge on any atom is 0.151 e. The Labute approximate surface area is 137 Å². The molecule has 0 spiro atoms. The smallest absolute Gasteiger partial charge is 0.151 e. The second-order valence-electron chi connectivity index (χ2n) is 5.61. The van der Waals surface area contributed by atoms with Crippen molar-refractivity contribution in [3.8, 4) is 0 Å². The van der Waals surface area contributed by atoms with Crippen molar-refractivity contribution in [2.45, 2.75) is 11.7 Å². The summed E-state index contributed by atoms with van der Waals surface area (Å²) in [6.45, 7) is -1.03. The van der Waals surface area contributed by atoms with Crippen molar-refractivity contribution in [3.05, 3.63) is 108 Å². The molecule has 0 bridgehead atoms. The minimum atomic E-state index is -1.03. The highest BCUT2D eigenvalue weighted by Gasteiger charge is 2.49. The van der Waals surface area contributed by atoms with E-state index in [4.69, 9.17) is 10.8 Å². The summed E-state index contributed by atoms with van der Waals surface area (Å²) in [5, 5.41) is 0. The van der Waals surface area contributed by atoms with Gasteiger partial charge in [-0.25, -0.2) is 0 Å². The Morgan fingerprint density at radius 1 is 0.739 bits per heavy atom. The molecule has 0 amide bonds. The lowest BCUT2D eigenvalue weighted by molar-refractivity contribution is 0.0113. The monoisotopic (exact) mass is 303 g/mol. The molecule has 23 heavy (non-hydrogen) atoms. The molecule has 1 aliphatic rings. The molecule has 1 saturated heterocycles. The molecule has 0 aliphatic carbocycles. The quantitative estimate of drug-likeness (QED) is 0.699. The first-order valence-corrected chi connectivity index (χ1v) is 7.72. The normalized spacial score (nSPS) is 23.4. The fourth-order valence-electron chi connectivity index (χ4n) is 3.23. The Balaban J connectivity index is 1.95. The van der Waals surface area contributed by atoms with E-state index in [9.17, 15) is 0 Å². The molecule has 1 aliphatic heterocycles. The molecule has 114 valence electrons. The second kappa shape index (κ2) is 5.99. The SMILES string of the molecule is [2H][C@@H]1O[C@@H](c2ccccc2)C(c2ccccc2)(c2ccccc2)O1. The Hall–Kier alpha value is -2.42. The summed E-state index contributed by atoms with van der Waals surface area (Å²) in [6, 6.07) is 30.0. The van der Waals surface area contributed by atoms with Crippen LogP contribution in [0.2, 0.25) is 0 Å². The Kier molecular flexibility index (Phi) is 3.40. The van der Waals surface area contributed by atoms with Crippen LogP contribution in [0.3, 0.4) is 0 Å². The average Bonchev–Trinajstić information content (AvgIpc) is 3.02. The van der Waals surface area contributed by atoms with Crippen LogP contribution in [0.4, 0.5) is 0 Å². The van der Waals surface area contributed by atoms with Crippen molar-refractivity contribution in [2.24, 2.45) is 0 Å². The highest BCUT2D eigenvalue weighted by atomic mass is 16.7. The second-order valence-corrected chi connectivity index (χ2v) is 5.61. The molecule has 0 unspecified atom stereocenters. The summed E-state index contributed by atoms with van der Waals surface area (Å²) in [5.41, 5.74) is 2.13.